The summed E-state index contributed by atoms with van der Waals surface area (Å²) in [6, 6.07) is 24.8. The van der Waals surface area contributed by atoms with Gasteiger partial charge in [0.15, 0.2) is 0 Å². The van der Waals surface area contributed by atoms with Crippen LogP contribution in [0.15, 0.2) is 102 Å². The summed E-state index contributed by atoms with van der Waals surface area (Å²) in [6.45, 7) is 6.26. The third kappa shape index (κ3) is 8.08. The molecular weight excluding hydrogens is 863 g/mol. The summed E-state index contributed by atoms with van der Waals surface area (Å²) in [5.41, 5.74) is 8.49. The number of thiophene rings is 2. The lowest BCUT2D eigenvalue weighted by Crippen LogP contribution is -2.35. The molecule has 6 aromatic heterocycles. The van der Waals surface area contributed by atoms with Gasteiger partial charge in [-0.05, 0) is 87.3 Å². The standard InChI is InChI=1S/C27H23FN4O2S2.C19H17FN4S2/c1-16-18(8-10-32(16)27(33)34-14-17-5-3-2-4-6-17)24-11-19-21(7-9-29-26(19)36-24)31-22-13-23-25(12-20(22)28)35-15-30-23;1-10-11(2-4-21-10)17-6-12-14(3-5-22-19(12)26-17)24-15-8-16-18(7-13(15)20)25-9-23-16/h2-7,9,11-13,15-16,18H,8,10,14H2,1H3,(H,29,31);3,5-11,21H,2,4H2,1H3,(H,22,24). The molecule has 0 saturated carbocycles. The molecule has 3 aromatic carbocycles. The molecule has 4 atom stereocenters. The van der Waals surface area contributed by atoms with E-state index < -0.39 is 0 Å². The zero-order valence-corrected chi connectivity index (χ0v) is 36.9. The smallest absolute Gasteiger partial charge is 0.410 e. The molecule has 2 fully saturated rings. The van der Waals surface area contributed by atoms with E-state index in [2.05, 4.69) is 61.9 Å². The third-order valence-electron chi connectivity index (χ3n) is 11.7. The quantitative estimate of drug-likeness (QED) is 0.137. The molecular formula is C46H40F2N8O2S4. The first-order valence-electron chi connectivity index (χ1n) is 20.3. The Morgan fingerprint density at radius 1 is 0.742 bits per heavy atom. The van der Waals surface area contributed by atoms with Crippen LogP contribution in [-0.2, 0) is 11.3 Å². The number of thiazole rings is 2. The SMILES string of the molecule is CC1C(c2cc3c(Nc4cc5ncsc5cc4F)ccnc3s2)CCN1C(=O)OCc1ccccc1.CC1NCCC1c1cc2c(Nc3cc4ncsc4cc3F)ccnc2s1. The van der Waals surface area contributed by atoms with E-state index in [0.29, 0.717) is 29.9 Å². The second kappa shape index (κ2) is 17.3. The number of nitrogens with zero attached hydrogens (tertiary/aromatic N) is 5. The monoisotopic (exact) mass is 902 g/mol. The highest BCUT2D eigenvalue weighted by Gasteiger charge is 2.37. The number of carbonyl (C=O) groups excluding carboxylic acids is 1. The average Bonchev–Trinajstić information content (AvgIpc) is 4.14. The molecule has 1 amide bonds. The van der Waals surface area contributed by atoms with Crippen molar-refractivity contribution in [1.82, 2.24) is 30.2 Å². The molecule has 2 aliphatic heterocycles. The molecule has 0 aliphatic carbocycles. The molecule has 0 spiro atoms. The highest BCUT2D eigenvalue weighted by Crippen LogP contribution is 2.42. The van der Waals surface area contributed by atoms with Gasteiger partial charge in [0, 0.05) is 63.4 Å². The lowest BCUT2D eigenvalue weighted by atomic mass is 9.99. The number of fused-ring (bicyclic) bond motifs is 4. The molecule has 314 valence electrons. The molecule has 2 saturated heterocycles. The number of amides is 1. The van der Waals surface area contributed by atoms with E-state index in [1.807, 2.05) is 47.4 Å². The van der Waals surface area contributed by atoms with Crippen LogP contribution in [0, 0.1) is 11.6 Å². The Balaban J connectivity index is 0.000000156. The Labute approximate surface area is 371 Å². The molecule has 4 unspecified atom stereocenters. The number of nitrogens with one attached hydrogen (secondary N) is 3. The second-order valence-electron chi connectivity index (χ2n) is 15.5. The summed E-state index contributed by atoms with van der Waals surface area (Å²) in [4.78, 5) is 36.6. The molecule has 0 radical (unpaired) electrons. The van der Waals surface area contributed by atoms with E-state index in [4.69, 9.17) is 4.74 Å². The molecule has 8 heterocycles. The second-order valence-corrected chi connectivity index (χ2v) is 19.4. The predicted octanol–water partition coefficient (Wildman–Crippen LogP) is 12.6. The van der Waals surface area contributed by atoms with Gasteiger partial charge >= 0.3 is 6.09 Å². The van der Waals surface area contributed by atoms with Crippen LogP contribution in [-0.4, -0.2) is 56.1 Å². The first-order valence-corrected chi connectivity index (χ1v) is 23.7. The van der Waals surface area contributed by atoms with Crippen molar-refractivity contribution in [2.75, 3.05) is 23.7 Å². The van der Waals surface area contributed by atoms with Crippen LogP contribution in [0.1, 0.15) is 53.8 Å². The number of carbonyl (C=O) groups is 1. The molecule has 9 aromatic rings. The van der Waals surface area contributed by atoms with E-state index in [-0.39, 0.29) is 36.3 Å². The number of pyridine rings is 2. The maximum absolute atomic E-state index is 14.7. The topological polar surface area (TPSA) is 117 Å². The number of likely N-dealkylation sites (tertiary alicyclic amines) is 1. The van der Waals surface area contributed by atoms with E-state index in [1.165, 1.54) is 33.6 Å². The fourth-order valence-corrected chi connectivity index (χ4v) is 12.3. The molecule has 62 heavy (non-hydrogen) atoms. The van der Waals surface area contributed by atoms with Gasteiger partial charge in [-0.25, -0.2) is 33.5 Å². The van der Waals surface area contributed by atoms with Crippen molar-refractivity contribution < 1.29 is 18.3 Å². The minimum Gasteiger partial charge on any atom is -0.445 e. The summed E-state index contributed by atoms with van der Waals surface area (Å²) < 4.78 is 36.5. The van der Waals surface area contributed by atoms with Gasteiger partial charge in [-0.3, -0.25) is 0 Å². The summed E-state index contributed by atoms with van der Waals surface area (Å²) in [7, 11) is 0. The Kier molecular flexibility index (Phi) is 11.2. The number of hydrogen-bond donors (Lipinski definition) is 3. The van der Waals surface area contributed by atoms with Gasteiger partial charge in [-0.15, -0.1) is 45.3 Å². The van der Waals surface area contributed by atoms with Crippen LogP contribution in [0.3, 0.4) is 0 Å². The molecule has 16 heteroatoms. The number of ether oxygens (including phenoxy) is 1. The van der Waals surface area contributed by atoms with Crippen LogP contribution >= 0.6 is 45.3 Å². The summed E-state index contributed by atoms with van der Waals surface area (Å²) in [5, 5.41) is 12.0. The van der Waals surface area contributed by atoms with Crippen molar-refractivity contribution in [2.45, 2.75) is 57.2 Å². The fraction of sp³-hybridized carbons (Fsp3) is 0.239. The molecule has 3 N–H and O–H groups in total. The van der Waals surface area contributed by atoms with Crippen LogP contribution in [0.5, 0.6) is 0 Å². The van der Waals surface area contributed by atoms with Crippen molar-refractivity contribution in [2.24, 2.45) is 0 Å². The van der Waals surface area contributed by atoms with Gasteiger partial charge < -0.3 is 25.6 Å². The first kappa shape index (κ1) is 40.4. The van der Waals surface area contributed by atoms with Crippen molar-refractivity contribution >= 4 is 115 Å². The highest BCUT2D eigenvalue weighted by atomic mass is 32.1. The lowest BCUT2D eigenvalue weighted by Gasteiger charge is -2.23. The van der Waals surface area contributed by atoms with E-state index in [1.54, 1.807) is 64.3 Å². The van der Waals surface area contributed by atoms with Gasteiger partial charge in [0.25, 0.3) is 0 Å². The van der Waals surface area contributed by atoms with Gasteiger partial charge in [-0.1, -0.05) is 30.3 Å². The largest absolute Gasteiger partial charge is 0.445 e. The van der Waals surface area contributed by atoms with Gasteiger partial charge in [0.05, 0.1) is 54.2 Å². The summed E-state index contributed by atoms with van der Waals surface area (Å²) in [5.74, 6) is 0.117. The fourth-order valence-electron chi connectivity index (χ4n) is 8.37. The zero-order chi connectivity index (χ0) is 42.3. The number of rotatable bonds is 8. The van der Waals surface area contributed by atoms with Crippen molar-refractivity contribution in [3.05, 3.63) is 129 Å². The molecule has 10 nitrogen and oxygen atoms in total. The van der Waals surface area contributed by atoms with E-state index in [9.17, 15) is 13.6 Å². The first-order chi connectivity index (χ1) is 30.3. The number of benzene rings is 3. The summed E-state index contributed by atoms with van der Waals surface area (Å²) >= 11 is 6.22. The number of halogens is 2. The maximum Gasteiger partial charge on any atom is 0.410 e. The molecule has 11 rings (SSSR count). The minimum absolute atomic E-state index is 0.00209. The molecule has 2 aliphatic rings. The lowest BCUT2D eigenvalue weighted by molar-refractivity contribution is 0.0934. The number of aromatic nitrogens is 4. The van der Waals surface area contributed by atoms with Gasteiger partial charge in [0.2, 0.25) is 0 Å². The Morgan fingerprint density at radius 3 is 1.89 bits per heavy atom. The van der Waals surface area contributed by atoms with E-state index >= 15 is 0 Å². The van der Waals surface area contributed by atoms with Crippen molar-refractivity contribution in [1.29, 1.82) is 0 Å². The third-order valence-corrected chi connectivity index (χ3v) is 15.7. The average molecular weight is 903 g/mol. The van der Waals surface area contributed by atoms with Crippen LogP contribution in [0.25, 0.3) is 40.9 Å². The Morgan fingerprint density at radius 2 is 1.32 bits per heavy atom. The van der Waals surface area contributed by atoms with Crippen molar-refractivity contribution in [3.63, 3.8) is 0 Å². The van der Waals surface area contributed by atoms with Gasteiger partial charge in [0.1, 0.15) is 27.9 Å². The van der Waals surface area contributed by atoms with Gasteiger partial charge in [-0.2, -0.15) is 0 Å². The number of anilines is 4. The normalized spacial score (nSPS) is 18.7. The maximum atomic E-state index is 14.7. The zero-order valence-electron chi connectivity index (χ0n) is 33.6. The Bertz CT molecular complexity index is 3060. The minimum atomic E-state index is -0.318. The summed E-state index contributed by atoms with van der Waals surface area (Å²) in [6.07, 6.45) is 5.22. The van der Waals surface area contributed by atoms with E-state index in [0.717, 1.165) is 82.1 Å². The highest BCUT2D eigenvalue weighted by molar-refractivity contribution is 7.19. The van der Waals surface area contributed by atoms with Crippen LogP contribution < -0.4 is 16.0 Å². The Hall–Kier alpha value is -5.65. The van der Waals surface area contributed by atoms with Crippen LogP contribution in [0.2, 0.25) is 0 Å². The number of hydrogen-bond acceptors (Lipinski definition) is 13. The van der Waals surface area contributed by atoms with Crippen LogP contribution in [0.4, 0.5) is 36.3 Å². The predicted molar refractivity (Wildman–Crippen MR) is 250 cm³/mol. The molecule has 0 bridgehead atoms. The van der Waals surface area contributed by atoms with Crippen molar-refractivity contribution in [3.8, 4) is 0 Å².